The first-order chi connectivity index (χ1) is 7.85. The summed E-state index contributed by atoms with van der Waals surface area (Å²) in [5.41, 5.74) is 3.35. The molecule has 0 fully saturated rings. The number of alkyl halides is 1. The minimum absolute atomic E-state index is 0.531. The van der Waals surface area contributed by atoms with Crippen LogP contribution in [0.2, 0.25) is 0 Å². The van der Waals surface area contributed by atoms with Gasteiger partial charge in [0.1, 0.15) is 5.75 Å². The van der Waals surface area contributed by atoms with Crippen LogP contribution in [-0.2, 0) is 5.88 Å². The van der Waals surface area contributed by atoms with E-state index in [1.165, 1.54) is 0 Å². The molecule has 0 unspecified atom stereocenters. The maximum absolute atomic E-state index is 5.83. The van der Waals surface area contributed by atoms with Crippen molar-refractivity contribution in [2.75, 3.05) is 7.11 Å². The number of halogens is 1. The molecular formula is C14H13ClO. The van der Waals surface area contributed by atoms with Crippen LogP contribution in [0.1, 0.15) is 5.56 Å². The van der Waals surface area contributed by atoms with Gasteiger partial charge in [-0.25, -0.2) is 0 Å². The standard InChI is InChI=1S/C14H13ClO/c1-16-14-8-3-2-7-13(14)12-6-4-5-11(9-12)10-15/h2-9H,10H2,1H3. The van der Waals surface area contributed by atoms with Gasteiger partial charge >= 0.3 is 0 Å². The lowest BCUT2D eigenvalue weighted by atomic mass is 10.0. The molecule has 2 aromatic carbocycles. The summed E-state index contributed by atoms with van der Waals surface area (Å²) in [5, 5.41) is 0. The van der Waals surface area contributed by atoms with Gasteiger partial charge in [-0.15, -0.1) is 11.6 Å². The van der Waals surface area contributed by atoms with Gasteiger partial charge in [0.05, 0.1) is 7.11 Å². The van der Waals surface area contributed by atoms with E-state index in [1.807, 2.05) is 36.4 Å². The minimum Gasteiger partial charge on any atom is -0.496 e. The van der Waals surface area contributed by atoms with Gasteiger partial charge < -0.3 is 4.74 Å². The van der Waals surface area contributed by atoms with Crippen molar-refractivity contribution in [3.8, 4) is 16.9 Å². The molecule has 0 aliphatic heterocycles. The van der Waals surface area contributed by atoms with Crippen LogP contribution in [0.4, 0.5) is 0 Å². The van der Waals surface area contributed by atoms with E-state index < -0.39 is 0 Å². The van der Waals surface area contributed by atoms with Crippen LogP contribution in [0.5, 0.6) is 5.75 Å². The number of hydrogen-bond donors (Lipinski definition) is 0. The molecule has 0 aliphatic rings. The van der Waals surface area contributed by atoms with Crippen molar-refractivity contribution in [1.29, 1.82) is 0 Å². The van der Waals surface area contributed by atoms with Crippen LogP contribution in [-0.4, -0.2) is 7.11 Å². The van der Waals surface area contributed by atoms with Gasteiger partial charge in [-0.1, -0.05) is 36.4 Å². The Kier molecular flexibility index (Phi) is 3.47. The van der Waals surface area contributed by atoms with Crippen molar-refractivity contribution in [2.24, 2.45) is 0 Å². The fourth-order valence-electron chi connectivity index (χ4n) is 1.71. The highest BCUT2D eigenvalue weighted by molar-refractivity contribution is 6.17. The van der Waals surface area contributed by atoms with Crippen molar-refractivity contribution in [2.45, 2.75) is 5.88 Å². The molecular weight excluding hydrogens is 220 g/mol. The zero-order valence-corrected chi connectivity index (χ0v) is 9.87. The fraction of sp³-hybridized carbons (Fsp3) is 0.143. The Morgan fingerprint density at radius 2 is 1.88 bits per heavy atom. The Labute approximate surface area is 101 Å². The number of hydrogen-bond acceptors (Lipinski definition) is 1. The lowest BCUT2D eigenvalue weighted by Gasteiger charge is -2.08. The molecule has 0 aromatic heterocycles. The number of para-hydroxylation sites is 1. The number of ether oxygens (including phenoxy) is 1. The Hall–Kier alpha value is -1.47. The predicted octanol–water partition coefficient (Wildman–Crippen LogP) is 4.10. The highest BCUT2D eigenvalue weighted by atomic mass is 35.5. The fourth-order valence-corrected chi connectivity index (χ4v) is 1.87. The molecule has 0 heterocycles. The monoisotopic (exact) mass is 232 g/mol. The molecule has 0 radical (unpaired) electrons. The largest absolute Gasteiger partial charge is 0.496 e. The first kappa shape index (κ1) is 11.0. The molecule has 2 heteroatoms. The van der Waals surface area contributed by atoms with Crippen LogP contribution in [0, 0.1) is 0 Å². The maximum atomic E-state index is 5.83. The Morgan fingerprint density at radius 3 is 2.62 bits per heavy atom. The van der Waals surface area contributed by atoms with Crippen LogP contribution >= 0.6 is 11.6 Å². The molecule has 2 aromatic rings. The summed E-state index contributed by atoms with van der Waals surface area (Å²) in [4.78, 5) is 0. The van der Waals surface area contributed by atoms with Gasteiger partial charge in [0, 0.05) is 11.4 Å². The highest BCUT2D eigenvalue weighted by Gasteiger charge is 2.04. The van der Waals surface area contributed by atoms with E-state index in [1.54, 1.807) is 7.11 Å². The molecule has 0 aliphatic carbocycles. The summed E-state index contributed by atoms with van der Waals surface area (Å²) in [7, 11) is 1.68. The van der Waals surface area contributed by atoms with Crippen molar-refractivity contribution >= 4 is 11.6 Å². The van der Waals surface area contributed by atoms with Gasteiger partial charge in [0.25, 0.3) is 0 Å². The van der Waals surface area contributed by atoms with Crippen molar-refractivity contribution in [1.82, 2.24) is 0 Å². The molecule has 1 nitrogen and oxygen atoms in total. The van der Waals surface area contributed by atoms with E-state index in [4.69, 9.17) is 16.3 Å². The van der Waals surface area contributed by atoms with Crippen LogP contribution in [0.15, 0.2) is 48.5 Å². The first-order valence-corrected chi connectivity index (χ1v) is 5.67. The average Bonchev–Trinajstić information content (AvgIpc) is 2.38. The van der Waals surface area contributed by atoms with Crippen molar-refractivity contribution in [3.63, 3.8) is 0 Å². The van der Waals surface area contributed by atoms with E-state index in [9.17, 15) is 0 Å². The third-order valence-corrected chi connectivity index (χ3v) is 2.81. The lowest BCUT2D eigenvalue weighted by molar-refractivity contribution is 0.416. The van der Waals surface area contributed by atoms with E-state index in [-0.39, 0.29) is 0 Å². The number of rotatable bonds is 3. The van der Waals surface area contributed by atoms with Crippen LogP contribution in [0.25, 0.3) is 11.1 Å². The van der Waals surface area contributed by atoms with Gasteiger partial charge in [0.15, 0.2) is 0 Å². The number of methoxy groups -OCH3 is 1. The third-order valence-electron chi connectivity index (χ3n) is 2.50. The Morgan fingerprint density at radius 1 is 1.06 bits per heavy atom. The molecule has 0 bridgehead atoms. The molecule has 82 valence electrons. The molecule has 16 heavy (non-hydrogen) atoms. The second-order valence-corrected chi connectivity index (χ2v) is 3.80. The third kappa shape index (κ3) is 2.20. The molecule has 0 spiro atoms. The summed E-state index contributed by atoms with van der Waals surface area (Å²) in [6.07, 6.45) is 0. The molecule has 2 rings (SSSR count). The molecule has 0 atom stereocenters. The molecule has 0 saturated carbocycles. The predicted molar refractivity (Wildman–Crippen MR) is 68.0 cm³/mol. The zero-order valence-electron chi connectivity index (χ0n) is 9.11. The van der Waals surface area contributed by atoms with E-state index in [2.05, 4.69) is 12.1 Å². The molecule has 0 amide bonds. The first-order valence-electron chi connectivity index (χ1n) is 5.13. The summed E-state index contributed by atoms with van der Waals surface area (Å²) in [5.74, 6) is 1.41. The second-order valence-electron chi connectivity index (χ2n) is 3.53. The van der Waals surface area contributed by atoms with Gasteiger partial charge in [-0.05, 0) is 23.3 Å². The smallest absolute Gasteiger partial charge is 0.126 e. The SMILES string of the molecule is COc1ccccc1-c1cccc(CCl)c1. The van der Waals surface area contributed by atoms with Gasteiger partial charge in [-0.3, -0.25) is 0 Å². The van der Waals surface area contributed by atoms with Crippen molar-refractivity contribution in [3.05, 3.63) is 54.1 Å². The summed E-state index contributed by atoms with van der Waals surface area (Å²) < 4.78 is 5.34. The van der Waals surface area contributed by atoms with E-state index in [0.717, 1.165) is 22.4 Å². The van der Waals surface area contributed by atoms with Crippen molar-refractivity contribution < 1.29 is 4.74 Å². The van der Waals surface area contributed by atoms with Crippen LogP contribution < -0.4 is 4.74 Å². The Bertz CT molecular complexity index is 480. The molecule has 0 saturated heterocycles. The van der Waals surface area contributed by atoms with E-state index >= 15 is 0 Å². The normalized spacial score (nSPS) is 10.1. The average molecular weight is 233 g/mol. The second kappa shape index (κ2) is 5.04. The highest BCUT2D eigenvalue weighted by Crippen LogP contribution is 2.30. The maximum Gasteiger partial charge on any atom is 0.126 e. The number of benzene rings is 2. The molecule has 0 N–H and O–H groups in total. The summed E-state index contributed by atoms with van der Waals surface area (Å²) in [6, 6.07) is 16.2. The minimum atomic E-state index is 0.531. The summed E-state index contributed by atoms with van der Waals surface area (Å²) in [6.45, 7) is 0. The van der Waals surface area contributed by atoms with Gasteiger partial charge in [-0.2, -0.15) is 0 Å². The Balaban J connectivity index is 2.49. The van der Waals surface area contributed by atoms with E-state index in [0.29, 0.717) is 5.88 Å². The lowest BCUT2D eigenvalue weighted by Crippen LogP contribution is -1.88. The van der Waals surface area contributed by atoms with Crippen LogP contribution in [0.3, 0.4) is 0 Å². The topological polar surface area (TPSA) is 9.23 Å². The van der Waals surface area contributed by atoms with Gasteiger partial charge in [0.2, 0.25) is 0 Å². The quantitative estimate of drug-likeness (QED) is 0.724. The summed E-state index contributed by atoms with van der Waals surface area (Å²) >= 11 is 5.83. The zero-order chi connectivity index (χ0) is 11.4.